The van der Waals surface area contributed by atoms with E-state index in [1.165, 1.54) is 6.07 Å². The maximum Gasteiger partial charge on any atom is 0.230 e. The monoisotopic (exact) mass is 277 g/mol. The zero-order valence-corrected chi connectivity index (χ0v) is 12.0. The summed E-state index contributed by atoms with van der Waals surface area (Å²) in [6, 6.07) is 4.78. The normalized spacial score (nSPS) is 24.6. The van der Waals surface area contributed by atoms with Gasteiger partial charge in [-0.15, -0.1) is 0 Å². The van der Waals surface area contributed by atoms with Crippen LogP contribution in [-0.2, 0) is 16.0 Å². The highest BCUT2D eigenvalue weighted by Crippen LogP contribution is 2.35. The number of hydrogen-bond acceptors (Lipinski definition) is 2. The largest absolute Gasteiger partial charge is 0.372 e. The summed E-state index contributed by atoms with van der Waals surface area (Å²) in [5.41, 5.74) is 1.70. The predicted octanol–water partition coefficient (Wildman–Crippen LogP) is 2.49. The summed E-state index contributed by atoms with van der Waals surface area (Å²) in [6.07, 6.45) is 1.58. The highest BCUT2D eigenvalue weighted by atomic mass is 19.1. The molecule has 0 aromatic heterocycles. The fourth-order valence-corrected chi connectivity index (χ4v) is 3.27. The van der Waals surface area contributed by atoms with Crippen LogP contribution in [0, 0.1) is 5.82 Å². The second kappa shape index (κ2) is 4.85. The quantitative estimate of drug-likeness (QED) is 0.789. The number of nitrogens with zero attached hydrogens (tertiary/aromatic N) is 1. The molecule has 1 aromatic carbocycles. The van der Waals surface area contributed by atoms with E-state index in [-0.39, 0.29) is 23.2 Å². The SMILES string of the molecule is CC1(C)CN(C(=O)[C@@H]2CCc3cc(F)ccc32)CCO1. The zero-order chi connectivity index (χ0) is 14.3. The van der Waals surface area contributed by atoms with Crippen molar-refractivity contribution >= 4 is 5.91 Å². The molecule has 1 atom stereocenters. The van der Waals surface area contributed by atoms with E-state index in [9.17, 15) is 9.18 Å². The van der Waals surface area contributed by atoms with E-state index >= 15 is 0 Å². The Morgan fingerprint density at radius 1 is 1.45 bits per heavy atom. The van der Waals surface area contributed by atoms with E-state index < -0.39 is 0 Å². The molecule has 1 aliphatic carbocycles. The summed E-state index contributed by atoms with van der Waals surface area (Å²) in [6.45, 7) is 5.87. The van der Waals surface area contributed by atoms with Crippen molar-refractivity contribution in [2.24, 2.45) is 0 Å². The second-order valence-corrected chi connectivity index (χ2v) is 6.30. The number of fused-ring (bicyclic) bond motifs is 1. The third-order valence-electron chi connectivity index (χ3n) is 4.22. The van der Waals surface area contributed by atoms with Crippen LogP contribution in [0.15, 0.2) is 18.2 Å². The number of ether oxygens (including phenoxy) is 1. The second-order valence-electron chi connectivity index (χ2n) is 6.30. The Morgan fingerprint density at radius 3 is 3.00 bits per heavy atom. The van der Waals surface area contributed by atoms with E-state index in [1.807, 2.05) is 18.7 Å². The predicted molar refractivity (Wildman–Crippen MR) is 74.1 cm³/mol. The van der Waals surface area contributed by atoms with Gasteiger partial charge in [0, 0.05) is 13.1 Å². The molecule has 0 unspecified atom stereocenters. The summed E-state index contributed by atoms with van der Waals surface area (Å²) in [4.78, 5) is 14.6. The summed E-state index contributed by atoms with van der Waals surface area (Å²) in [5, 5.41) is 0. The van der Waals surface area contributed by atoms with Crippen LogP contribution >= 0.6 is 0 Å². The number of halogens is 1. The van der Waals surface area contributed by atoms with Crippen molar-refractivity contribution in [1.82, 2.24) is 4.90 Å². The number of aryl methyl sites for hydroxylation is 1. The summed E-state index contributed by atoms with van der Waals surface area (Å²) < 4.78 is 18.9. The molecular weight excluding hydrogens is 257 g/mol. The number of carbonyl (C=O) groups excluding carboxylic acids is 1. The van der Waals surface area contributed by atoms with Gasteiger partial charge in [0.25, 0.3) is 0 Å². The Morgan fingerprint density at radius 2 is 2.25 bits per heavy atom. The minimum Gasteiger partial charge on any atom is -0.372 e. The van der Waals surface area contributed by atoms with Gasteiger partial charge in [-0.1, -0.05) is 6.07 Å². The van der Waals surface area contributed by atoms with Crippen molar-refractivity contribution in [2.75, 3.05) is 19.7 Å². The number of morpholine rings is 1. The van der Waals surface area contributed by atoms with Gasteiger partial charge in [0.15, 0.2) is 0 Å². The topological polar surface area (TPSA) is 29.5 Å². The first-order chi connectivity index (χ1) is 9.46. The maximum atomic E-state index is 13.2. The van der Waals surface area contributed by atoms with E-state index in [1.54, 1.807) is 12.1 Å². The van der Waals surface area contributed by atoms with Crippen molar-refractivity contribution in [3.05, 3.63) is 35.1 Å². The molecule has 0 N–H and O–H groups in total. The first-order valence-corrected chi connectivity index (χ1v) is 7.17. The zero-order valence-electron chi connectivity index (χ0n) is 12.0. The lowest BCUT2D eigenvalue weighted by Crippen LogP contribution is -2.51. The van der Waals surface area contributed by atoms with Crippen LogP contribution in [-0.4, -0.2) is 36.1 Å². The van der Waals surface area contributed by atoms with E-state index in [0.29, 0.717) is 19.7 Å². The van der Waals surface area contributed by atoms with Crippen LogP contribution in [0.25, 0.3) is 0 Å². The van der Waals surface area contributed by atoms with Gasteiger partial charge in [0.2, 0.25) is 5.91 Å². The van der Waals surface area contributed by atoms with Crippen LogP contribution < -0.4 is 0 Å². The van der Waals surface area contributed by atoms with Crippen molar-refractivity contribution in [3.8, 4) is 0 Å². The Labute approximate surface area is 118 Å². The molecule has 3 nitrogen and oxygen atoms in total. The Bertz CT molecular complexity index is 541. The first-order valence-electron chi connectivity index (χ1n) is 7.17. The van der Waals surface area contributed by atoms with Gasteiger partial charge in [-0.25, -0.2) is 4.39 Å². The average Bonchev–Trinajstić information content (AvgIpc) is 2.79. The van der Waals surface area contributed by atoms with Crippen molar-refractivity contribution in [1.29, 1.82) is 0 Å². The molecule has 2 aliphatic rings. The third-order valence-corrected chi connectivity index (χ3v) is 4.22. The minimum atomic E-state index is -0.280. The Hall–Kier alpha value is -1.42. The maximum absolute atomic E-state index is 13.2. The number of benzene rings is 1. The van der Waals surface area contributed by atoms with Crippen molar-refractivity contribution in [2.45, 2.75) is 38.2 Å². The van der Waals surface area contributed by atoms with Crippen LogP contribution in [0.1, 0.15) is 37.3 Å². The molecule has 0 bridgehead atoms. The van der Waals surface area contributed by atoms with Crippen molar-refractivity contribution in [3.63, 3.8) is 0 Å². The molecule has 4 heteroatoms. The standard InChI is InChI=1S/C16H20FNO2/c1-16(2)10-18(7-8-20-16)15(19)14-5-3-11-9-12(17)4-6-13(11)14/h4,6,9,14H,3,5,7-8,10H2,1-2H3/t14-/m1/s1. The van der Waals surface area contributed by atoms with Gasteiger partial charge in [0.1, 0.15) is 5.82 Å². The van der Waals surface area contributed by atoms with Crippen molar-refractivity contribution < 1.29 is 13.9 Å². The fraction of sp³-hybridized carbons (Fsp3) is 0.562. The summed E-state index contributed by atoms with van der Waals surface area (Å²) >= 11 is 0. The molecular formula is C16H20FNO2. The third kappa shape index (κ3) is 2.44. The Kier molecular flexibility index (Phi) is 3.28. The van der Waals surface area contributed by atoms with Crippen LogP contribution in [0.5, 0.6) is 0 Å². The minimum absolute atomic E-state index is 0.112. The van der Waals surface area contributed by atoms with E-state index in [2.05, 4.69) is 0 Å². The lowest BCUT2D eigenvalue weighted by Gasteiger charge is -2.39. The van der Waals surface area contributed by atoms with Gasteiger partial charge in [-0.05, 0) is 49.9 Å². The molecule has 0 spiro atoms. The van der Waals surface area contributed by atoms with Crippen LogP contribution in [0.4, 0.5) is 4.39 Å². The number of rotatable bonds is 1. The Balaban J connectivity index is 1.80. The summed E-state index contributed by atoms with van der Waals surface area (Å²) in [7, 11) is 0. The lowest BCUT2D eigenvalue weighted by atomic mass is 9.98. The van der Waals surface area contributed by atoms with Crippen LogP contribution in [0.3, 0.4) is 0 Å². The molecule has 0 saturated carbocycles. The highest BCUT2D eigenvalue weighted by Gasteiger charge is 2.36. The van der Waals surface area contributed by atoms with Crippen LogP contribution in [0.2, 0.25) is 0 Å². The molecule has 1 amide bonds. The number of amides is 1. The smallest absolute Gasteiger partial charge is 0.230 e. The molecule has 108 valence electrons. The molecule has 20 heavy (non-hydrogen) atoms. The fourth-order valence-electron chi connectivity index (χ4n) is 3.27. The molecule has 1 aromatic rings. The molecule has 1 aliphatic heterocycles. The van der Waals surface area contributed by atoms with E-state index in [4.69, 9.17) is 4.74 Å². The lowest BCUT2D eigenvalue weighted by molar-refractivity contribution is -0.147. The van der Waals surface area contributed by atoms with Gasteiger partial charge in [-0.3, -0.25) is 4.79 Å². The molecule has 0 radical (unpaired) electrons. The molecule has 1 heterocycles. The first kappa shape index (κ1) is 13.6. The molecule has 1 fully saturated rings. The average molecular weight is 277 g/mol. The van der Waals surface area contributed by atoms with E-state index in [0.717, 1.165) is 24.0 Å². The molecule has 1 saturated heterocycles. The highest BCUT2D eigenvalue weighted by molar-refractivity contribution is 5.85. The van der Waals surface area contributed by atoms with Gasteiger partial charge < -0.3 is 9.64 Å². The summed E-state index contributed by atoms with van der Waals surface area (Å²) in [5.74, 6) is -0.171. The van der Waals surface area contributed by atoms with Gasteiger partial charge in [-0.2, -0.15) is 0 Å². The number of hydrogen-bond donors (Lipinski definition) is 0. The van der Waals surface area contributed by atoms with Gasteiger partial charge in [0.05, 0.1) is 18.1 Å². The molecule has 3 rings (SSSR count). The van der Waals surface area contributed by atoms with Gasteiger partial charge >= 0.3 is 0 Å². The number of carbonyl (C=O) groups is 1.